The van der Waals surface area contributed by atoms with Crippen LogP contribution in [-0.4, -0.2) is 59.3 Å². The van der Waals surface area contributed by atoms with Crippen molar-refractivity contribution in [2.45, 2.75) is 43.0 Å². The van der Waals surface area contributed by atoms with Gasteiger partial charge in [0.1, 0.15) is 5.82 Å². The normalized spacial score (nSPS) is 17.2. The maximum Gasteiger partial charge on any atom is 0.259 e. The molecule has 0 saturated carbocycles. The molecule has 39 heavy (non-hydrogen) atoms. The molecule has 2 fully saturated rings. The summed E-state index contributed by atoms with van der Waals surface area (Å²) in [6.45, 7) is 5.66. The van der Waals surface area contributed by atoms with Gasteiger partial charge in [0.05, 0.1) is 11.1 Å². The molecule has 202 valence electrons. The fourth-order valence-electron chi connectivity index (χ4n) is 5.99. The second-order valence-corrected chi connectivity index (χ2v) is 11.8. The van der Waals surface area contributed by atoms with Gasteiger partial charge in [-0.1, -0.05) is 24.3 Å². The molecule has 2 N–H and O–H groups in total. The second-order valence-electron chi connectivity index (χ2n) is 11.0. The summed E-state index contributed by atoms with van der Waals surface area (Å²) in [5.74, 6) is 1.20. The van der Waals surface area contributed by atoms with E-state index in [-0.39, 0.29) is 5.56 Å². The van der Waals surface area contributed by atoms with E-state index in [0.29, 0.717) is 17.1 Å². The Balaban J connectivity index is 1.31. The molecule has 4 aromatic rings. The van der Waals surface area contributed by atoms with Crippen molar-refractivity contribution in [3.8, 4) is 11.3 Å². The smallest absolute Gasteiger partial charge is 0.259 e. The average molecular weight is 540 g/mol. The van der Waals surface area contributed by atoms with E-state index in [4.69, 9.17) is 4.98 Å². The maximum atomic E-state index is 12.9. The van der Waals surface area contributed by atoms with Crippen LogP contribution in [0, 0.1) is 0 Å². The zero-order chi connectivity index (χ0) is 26.8. The van der Waals surface area contributed by atoms with Crippen LogP contribution in [0.2, 0.25) is 0 Å². The standard InChI is InChI=1S/C32H37N5OS/c1-36-17-12-23(13-18-36)22-7-9-27(10-8-22)34-31-30-25(11-14-33-32(30)38)19-28(35-31)24-5-6-26(29(20-24)39-2)21-37-15-3-4-16-37/h5-11,14,19-20,23H,3-4,12-13,15-18,21H2,1-2H3,(H,33,38)(H,34,35). The molecule has 0 unspecified atom stereocenters. The number of fused-ring (bicyclic) bond motifs is 1. The number of anilines is 2. The highest BCUT2D eigenvalue weighted by Gasteiger charge is 2.19. The molecule has 2 saturated heterocycles. The van der Waals surface area contributed by atoms with Crippen LogP contribution in [0.1, 0.15) is 42.7 Å². The van der Waals surface area contributed by atoms with Gasteiger partial charge in [0.2, 0.25) is 0 Å². The third kappa shape index (κ3) is 5.76. The summed E-state index contributed by atoms with van der Waals surface area (Å²) in [7, 11) is 2.20. The minimum Gasteiger partial charge on any atom is -0.340 e. The molecule has 2 aromatic heterocycles. The number of aromatic nitrogens is 2. The first kappa shape index (κ1) is 26.1. The molecule has 2 aromatic carbocycles. The summed E-state index contributed by atoms with van der Waals surface area (Å²) < 4.78 is 0. The summed E-state index contributed by atoms with van der Waals surface area (Å²) >= 11 is 1.79. The van der Waals surface area contributed by atoms with Gasteiger partial charge >= 0.3 is 0 Å². The molecule has 0 amide bonds. The highest BCUT2D eigenvalue weighted by Crippen LogP contribution is 2.33. The molecule has 6 rings (SSSR count). The third-order valence-electron chi connectivity index (χ3n) is 8.29. The molecule has 2 aliphatic heterocycles. The number of H-pyrrole nitrogens is 1. The quantitative estimate of drug-likeness (QED) is 0.263. The molecule has 7 heteroatoms. The predicted octanol–water partition coefficient (Wildman–Crippen LogP) is 6.46. The van der Waals surface area contributed by atoms with Gasteiger partial charge in [-0.05, 0) is 118 Å². The molecule has 0 atom stereocenters. The van der Waals surface area contributed by atoms with Gasteiger partial charge in [0.25, 0.3) is 5.56 Å². The van der Waals surface area contributed by atoms with E-state index in [1.54, 1.807) is 18.0 Å². The lowest BCUT2D eigenvalue weighted by molar-refractivity contribution is 0.255. The van der Waals surface area contributed by atoms with E-state index >= 15 is 0 Å². The fourth-order valence-corrected chi connectivity index (χ4v) is 6.63. The van der Waals surface area contributed by atoms with Crippen molar-refractivity contribution < 1.29 is 0 Å². The topological polar surface area (TPSA) is 64.3 Å². The molecular weight excluding hydrogens is 502 g/mol. The molecule has 0 bridgehead atoms. The van der Waals surface area contributed by atoms with Crippen LogP contribution in [0.4, 0.5) is 11.5 Å². The van der Waals surface area contributed by atoms with Crippen LogP contribution >= 0.6 is 11.8 Å². The Kier molecular flexibility index (Phi) is 7.73. The molecule has 6 nitrogen and oxygen atoms in total. The number of thioether (sulfide) groups is 1. The number of benzene rings is 2. The largest absolute Gasteiger partial charge is 0.340 e. The van der Waals surface area contributed by atoms with Gasteiger partial charge in [0, 0.05) is 28.9 Å². The zero-order valence-corrected chi connectivity index (χ0v) is 23.7. The maximum absolute atomic E-state index is 12.9. The zero-order valence-electron chi connectivity index (χ0n) is 22.9. The Morgan fingerprint density at radius 1 is 1.00 bits per heavy atom. The average Bonchev–Trinajstić information content (AvgIpc) is 3.47. The molecule has 0 radical (unpaired) electrons. The van der Waals surface area contributed by atoms with Crippen molar-refractivity contribution in [3.05, 3.63) is 82.3 Å². The first-order valence-corrected chi connectivity index (χ1v) is 15.3. The summed E-state index contributed by atoms with van der Waals surface area (Å²) in [4.78, 5) is 26.9. The molecule has 2 aliphatic rings. The van der Waals surface area contributed by atoms with Crippen LogP contribution in [0.15, 0.2) is 70.5 Å². The van der Waals surface area contributed by atoms with Crippen LogP contribution in [0.5, 0.6) is 0 Å². The highest BCUT2D eigenvalue weighted by molar-refractivity contribution is 7.98. The number of hydrogen-bond acceptors (Lipinski definition) is 6. The number of pyridine rings is 2. The lowest BCUT2D eigenvalue weighted by Gasteiger charge is -2.29. The van der Waals surface area contributed by atoms with Crippen molar-refractivity contribution in [2.24, 2.45) is 0 Å². The predicted molar refractivity (Wildman–Crippen MR) is 163 cm³/mol. The van der Waals surface area contributed by atoms with Gasteiger partial charge in [0.15, 0.2) is 0 Å². The van der Waals surface area contributed by atoms with Crippen molar-refractivity contribution in [1.29, 1.82) is 0 Å². The Labute approximate surface area is 234 Å². The van der Waals surface area contributed by atoms with Crippen LogP contribution in [0.3, 0.4) is 0 Å². The summed E-state index contributed by atoms with van der Waals surface area (Å²) in [5.41, 5.74) is 5.48. The van der Waals surface area contributed by atoms with E-state index in [0.717, 1.165) is 42.0 Å². The Morgan fingerprint density at radius 3 is 2.51 bits per heavy atom. The van der Waals surface area contributed by atoms with E-state index in [1.807, 2.05) is 12.1 Å². The number of likely N-dealkylation sites (tertiary alicyclic amines) is 2. The Bertz CT molecular complexity index is 1500. The molecule has 0 aliphatic carbocycles. The second kappa shape index (κ2) is 11.5. The first-order valence-electron chi connectivity index (χ1n) is 14.0. The van der Waals surface area contributed by atoms with Crippen molar-refractivity contribution in [2.75, 3.05) is 44.8 Å². The SMILES string of the molecule is CSc1cc(-c2cc3cc[nH]c(=O)c3c(Nc3ccc(C4CCN(C)CC4)cc3)n2)ccc1CN1CCCC1. The van der Waals surface area contributed by atoms with Crippen LogP contribution in [0.25, 0.3) is 22.0 Å². The number of aromatic amines is 1. The van der Waals surface area contributed by atoms with Crippen molar-refractivity contribution >= 4 is 34.0 Å². The van der Waals surface area contributed by atoms with E-state index < -0.39 is 0 Å². The van der Waals surface area contributed by atoms with Gasteiger partial charge in [-0.2, -0.15) is 0 Å². The number of piperidine rings is 1. The molecule has 4 heterocycles. The first-order chi connectivity index (χ1) is 19.1. The van der Waals surface area contributed by atoms with Crippen LogP contribution < -0.4 is 10.9 Å². The van der Waals surface area contributed by atoms with Gasteiger partial charge in [-0.25, -0.2) is 4.98 Å². The minimum atomic E-state index is -0.136. The number of nitrogens with one attached hydrogen (secondary N) is 2. The highest BCUT2D eigenvalue weighted by atomic mass is 32.2. The van der Waals surface area contributed by atoms with Gasteiger partial charge in [-0.15, -0.1) is 11.8 Å². The van der Waals surface area contributed by atoms with E-state index in [9.17, 15) is 4.79 Å². The number of rotatable bonds is 7. The third-order valence-corrected chi connectivity index (χ3v) is 9.11. The summed E-state index contributed by atoms with van der Waals surface area (Å²) in [5, 5.41) is 4.93. The van der Waals surface area contributed by atoms with Crippen molar-refractivity contribution in [1.82, 2.24) is 19.8 Å². The lowest BCUT2D eigenvalue weighted by atomic mass is 9.89. The van der Waals surface area contributed by atoms with E-state index in [1.165, 1.54) is 54.8 Å². The number of hydrogen-bond donors (Lipinski definition) is 2. The van der Waals surface area contributed by atoms with Crippen molar-refractivity contribution in [3.63, 3.8) is 0 Å². The van der Waals surface area contributed by atoms with Gasteiger partial charge in [-0.3, -0.25) is 9.69 Å². The Hall–Kier alpha value is -3.13. The fraction of sp³-hybridized carbons (Fsp3) is 0.375. The minimum absolute atomic E-state index is 0.136. The molecule has 0 spiro atoms. The monoisotopic (exact) mass is 539 g/mol. The molecular formula is C32H37N5OS. The van der Waals surface area contributed by atoms with Crippen LogP contribution in [-0.2, 0) is 6.54 Å². The lowest BCUT2D eigenvalue weighted by Crippen LogP contribution is -2.29. The summed E-state index contributed by atoms with van der Waals surface area (Å²) in [6, 6.07) is 19.3. The number of nitrogens with zero attached hydrogens (tertiary/aromatic N) is 3. The Morgan fingerprint density at radius 2 is 1.77 bits per heavy atom. The van der Waals surface area contributed by atoms with E-state index in [2.05, 4.69) is 75.9 Å². The van der Waals surface area contributed by atoms with Gasteiger partial charge < -0.3 is 15.2 Å². The summed E-state index contributed by atoms with van der Waals surface area (Å²) in [6.07, 6.45) is 8.83.